The standard InChI is InChI=1S/C21H19ClN2O4/c22-16-3-1-4-17(14-16)26-12-9-24-21(25)8-6-18(23-24)15-5-7-19-20(13-15)28-11-2-10-27-19/h1,3-8,13-14H,2,9-12H2. The molecule has 0 fully saturated rings. The molecule has 2 heterocycles. The third kappa shape index (κ3) is 4.28. The average Bonchev–Trinajstić information content (AvgIpc) is 2.94. The molecule has 0 N–H and O–H groups in total. The summed E-state index contributed by atoms with van der Waals surface area (Å²) in [5, 5.41) is 5.07. The van der Waals surface area contributed by atoms with Gasteiger partial charge in [0, 0.05) is 23.1 Å². The SMILES string of the molecule is O=c1ccc(-c2ccc3c(c2)OCCCO3)nn1CCOc1cccc(Cl)c1. The summed E-state index contributed by atoms with van der Waals surface area (Å²) in [5.74, 6) is 2.07. The van der Waals surface area contributed by atoms with E-state index in [9.17, 15) is 4.79 Å². The molecule has 4 rings (SSSR count). The summed E-state index contributed by atoms with van der Waals surface area (Å²) in [7, 11) is 0. The van der Waals surface area contributed by atoms with Gasteiger partial charge in [0.1, 0.15) is 12.4 Å². The smallest absolute Gasteiger partial charge is 0.266 e. The highest BCUT2D eigenvalue weighted by Gasteiger charge is 2.12. The van der Waals surface area contributed by atoms with Crippen LogP contribution in [0.1, 0.15) is 6.42 Å². The molecule has 6 nitrogen and oxygen atoms in total. The first-order chi connectivity index (χ1) is 13.7. The van der Waals surface area contributed by atoms with Gasteiger partial charge in [-0.15, -0.1) is 0 Å². The molecule has 0 unspecified atom stereocenters. The first-order valence-corrected chi connectivity index (χ1v) is 9.43. The van der Waals surface area contributed by atoms with Crippen LogP contribution in [0.5, 0.6) is 17.2 Å². The van der Waals surface area contributed by atoms with E-state index in [1.807, 2.05) is 30.3 Å². The summed E-state index contributed by atoms with van der Waals surface area (Å²) in [6.45, 7) is 1.88. The summed E-state index contributed by atoms with van der Waals surface area (Å²) in [4.78, 5) is 12.2. The van der Waals surface area contributed by atoms with Crippen LogP contribution in [0.25, 0.3) is 11.3 Å². The number of benzene rings is 2. The summed E-state index contributed by atoms with van der Waals surface area (Å²) in [6, 6.07) is 16.0. The van der Waals surface area contributed by atoms with E-state index in [1.54, 1.807) is 18.2 Å². The molecule has 0 saturated heterocycles. The fourth-order valence-corrected chi connectivity index (χ4v) is 3.07. The van der Waals surface area contributed by atoms with Gasteiger partial charge in [-0.2, -0.15) is 5.10 Å². The van der Waals surface area contributed by atoms with Crippen LogP contribution in [-0.4, -0.2) is 29.6 Å². The summed E-state index contributed by atoms with van der Waals surface area (Å²) < 4.78 is 18.4. The molecule has 0 radical (unpaired) electrons. The lowest BCUT2D eigenvalue weighted by Gasteiger charge is -2.11. The zero-order chi connectivity index (χ0) is 19.3. The van der Waals surface area contributed by atoms with Crippen molar-refractivity contribution in [3.8, 4) is 28.5 Å². The molecule has 7 heteroatoms. The third-order valence-corrected chi connectivity index (χ3v) is 4.51. The number of hydrogen-bond acceptors (Lipinski definition) is 5. The first kappa shape index (κ1) is 18.4. The van der Waals surface area contributed by atoms with Gasteiger partial charge < -0.3 is 14.2 Å². The van der Waals surface area contributed by atoms with E-state index in [4.69, 9.17) is 25.8 Å². The Balaban J connectivity index is 1.51. The lowest BCUT2D eigenvalue weighted by molar-refractivity contribution is 0.288. The Hall–Kier alpha value is -2.99. The maximum absolute atomic E-state index is 12.2. The Morgan fingerprint density at radius 3 is 2.75 bits per heavy atom. The Morgan fingerprint density at radius 1 is 1.04 bits per heavy atom. The van der Waals surface area contributed by atoms with Crippen molar-refractivity contribution in [1.29, 1.82) is 0 Å². The Morgan fingerprint density at radius 2 is 1.89 bits per heavy atom. The molecule has 3 aromatic rings. The Labute approximate surface area is 167 Å². The van der Waals surface area contributed by atoms with Gasteiger partial charge in [0.2, 0.25) is 0 Å². The topological polar surface area (TPSA) is 62.6 Å². The third-order valence-electron chi connectivity index (χ3n) is 4.28. The van der Waals surface area contributed by atoms with Crippen molar-refractivity contribution >= 4 is 11.6 Å². The molecule has 0 spiro atoms. The monoisotopic (exact) mass is 398 g/mol. The second-order valence-electron chi connectivity index (χ2n) is 6.30. The van der Waals surface area contributed by atoms with Gasteiger partial charge in [-0.05, 0) is 42.5 Å². The van der Waals surface area contributed by atoms with Gasteiger partial charge in [0.05, 0.1) is 25.5 Å². The zero-order valence-corrected chi connectivity index (χ0v) is 15.9. The minimum Gasteiger partial charge on any atom is -0.492 e. The molecule has 0 bridgehead atoms. The van der Waals surface area contributed by atoms with Crippen molar-refractivity contribution < 1.29 is 14.2 Å². The van der Waals surface area contributed by atoms with Crippen LogP contribution in [0.15, 0.2) is 59.4 Å². The fourth-order valence-electron chi connectivity index (χ4n) is 2.89. The second-order valence-corrected chi connectivity index (χ2v) is 6.73. The van der Waals surface area contributed by atoms with Crippen molar-refractivity contribution in [2.45, 2.75) is 13.0 Å². The fraction of sp³-hybridized carbons (Fsp3) is 0.238. The van der Waals surface area contributed by atoms with E-state index in [1.165, 1.54) is 10.7 Å². The van der Waals surface area contributed by atoms with Crippen LogP contribution >= 0.6 is 11.6 Å². The van der Waals surface area contributed by atoms with Crippen molar-refractivity contribution in [2.24, 2.45) is 0 Å². The average molecular weight is 399 g/mol. The van der Waals surface area contributed by atoms with E-state index in [-0.39, 0.29) is 5.56 Å². The molecule has 0 aliphatic carbocycles. The number of hydrogen-bond donors (Lipinski definition) is 0. The molecular formula is C21H19ClN2O4. The number of halogens is 1. The van der Waals surface area contributed by atoms with E-state index < -0.39 is 0 Å². The largest absolute Gasteiger partial charge is 0.492 e. The number of nitrogens with zero attached hydrogens (tertiary/aromatic N) is 2. The maximum atomic E-state index is 12.2. The van der Waals surface area contributed by atoms with Crippen molar-refractivity contribution in [3.63, 3.8) is 0 Å². The first-order valence-electron chi connectivity index (χ1n) is 9.06. The van der Waals surface area contributed by atoms with Crippen LogP contribution in [0.4, 0.5) is 0 Å². The van der Waals surface area contributed by atoms with Crippen LogP contribution in [0, 0.1) is 0 Å². The quantitative estimate of drug-likeness (QED) is 0.654. The van der Waals surface area contributed by atoms with Crippen LogP contribution < -0.4 is 19.8 Å². The molecule has 28 heavy (non-hydrogen) atoms. The van der Waals surface area contributed by atoms with E-state index in [0.29, 0.717) is 48.6 Å². The van der Waals surface area contributed by atoms with Crippen LogP contribution in [0.3, 0.4) is 0 Å². The summed E-state index contributed by atoms with van der Waals surface area (Å²) >= 11 is 5.95. The Bertz CT molecular complexity index is 1030. The number of fused-ring (bicyclic) bond motifs is 1. The molecule has 1 aliphatic rings. The van der Waals surface area contributed by atoms with Gasteiger partial charge in [0.25, 0.3) is 5.56 Å². The van der Waals surface area contributed by atoms with E-state index in [0.717, 1.165) is 17.7 Å². The van der Waals surface area contributed by atoms with Gasteiger partial charge >= 0.3 is 0 Å². The van der Waals surface area contributed by atoms with Gasteiger partial charge in [-0.1, -0.05) is 17.7 Å². The highest BCUT2D eigenvalue weighted by Crippen LogP contribution is 2.33. The molecule has 0 amide bonds. The maximum Gasteiger partial charge on any atom is 0.266 e. The zero-order valence-electron chi connectivity index (χ0n) is 15.1. The summed E-state index contributed by atoms with van der Waals surface area (Å²) in [6.07, 6.45) is 0.847. The molecule has 2 aromatic carbocycles. The van der Waals surface area contributed by atoms with Crippen LogP contribution in [0.2, 0.25) is 5.02 Å². The lowest BCUT2D eigenvalue weighted by Crippen LogP contribution is -2.25. The minimum atomic E-state index is -0.187. The van der Waals surface area contributed by atoms with Crippen molar-refractivity contribution in [2.75, 3.05) is 19.8 Å². The predicted octanol–water partition coefficient (Wildman–Crippen LogP) is 3.80. The van der Waals surface area contributed by atoms with Crippen molar-refractivity contribution in [3.05, 3.63) is 70.0 Å². The molecule has 0 atom stereocenters. The number of aromatic nitrogens is 2. The van der Waals surface area contributed by atoms with Gasteiger partial charge in [-0.25, -0.2) is 4.68 Å². The number of rotatable bonds is 5. The Kier molecular flexibility index (Phi) is 5.48. The minimum absolute atomic E-state index is 0.187. The molecule has 1 aliphatic heterocycles. The van der Waals surface area contributed by atoms with Gasteiger partial charge in [-0.3, -0.25) is 4.79 Å². The highest BCUT2D eigenvalue weighted by atomic mass is 35.5. The normalized spacial score (nSPS) is 13.0. The highest BCUT2D eigenvalue weighted by molar-refractivity contribution is 6.30. The predicted molar refractivity (Wildman–Crippen MR) is 106 cm³/mol. The molecular weight excluding hydrogens is 380 g/mol. The van der Waals surface area contributed by atoms with Gasteiger partial charge in [0.15, 0.2) is 11.5 Å². The van der Waals surface area contributed by atoms with E-state index >= 15 is 0 Å². The second kappa shape index (κ2) is 8.35. The molecule has 144 valence electrons. The van der Waals surface area contributed by atoms with Crippen molar-refractivity contribution in [1.82, 2.24) is 9.78 Å². The summed E-state index contributed by atoms with van der Waals surface area (Å²) in [5.41, 5.74) is 1.35. The molecule has 0 saturated carbocycles. The molecule has 1 aromatic heterocycles. The number of ether oxygens (including phenoxy) is 3. The lowest BCUT2D eigenvalue weighted by atomic mass is 10.1. The van der Waals surface area contributed by atoms with Crippen LogP contribution in [-0.2, 0) is 6.54 Å². The van der Waals surface area contributed by atoms with E-state index in [2.05, 4.69) is 5.10 Å².